The van der Waals surface area contributed by atoms with Crippen LogP contribution in [0.1, 0.15) is 31.2 Å². The van der Waals surface area contributed by atoms with Crippen LogP contribution in [0.3, 0.4) is 0 Å². The van der Waals surface area contributed by atoms with Gasteiger partial charge in [-0.25, -0.2) is 4.79 Å². The van der Waals surface area contributed by atoms with E-state index in [9.17, 15) is 14.4 Å². The van der Waals surface area contributed by atoms with Crippen molar-refractivity contribution in [3.8, 4) is 0 Å². The van der Waals surface area contributed by atoms with Crippen LogP contribution in [0.2, 0.25) is 0 Å². The minimum atomic E-state index is -0.875. The lowest BCUT2D eigenvalue weighted by Gasteiger charge is -2.17. The summed E-state index contributed by atoms with van der Waals surface area (Å²) in [4.78, 5) is 35.6. The molecular formula is C15H18N2O4. The van der Waals surface area contributed by atoms with Gasteiger partial charge >= 0.3 is 12.0 Å². The summed E-state index contributed by atoms with van der Waals surface area (Å²) in [7, 11) is 0. The maximum absolute atomic E-state index is 12.1. The van der Waals surface area contributed by atoms with Gasteiger partial charge in [0, 0.05) is 25.1 Å². The van der Waals surface area contributed by atoms with Crippen LogP contribution in [0.15, 0.2) is 24.3 Å². The van der Waals surface area contributed by atoms with Crippen molar-refractivity contribution in [2.24, 2.45) is 0 Å². The number of para-hydroxylation sites is 1. The Morgan fingerprint density at radius 1 is 1.14 bits per heavy atom. The summed E-state index contributed by atoms with van der Waals surface area (Å²) in [5.74, 6) is -1.24. The van der Waals surface area contributed by atoms with E-state index in [1.807, 2.05) is 24.3 Å². The highest BCUT2D eigenvalue weighted by atomic mass is 16.4. The number of urea groups is 1. The first kappa shape index (κ1) is 15.0. The van der Waals surface area contributed by atoms with Crippen molar-refractivity contribution >= 4 is 23.6 Å². The van der Waals surface area contributed by atoms with Crippen molar-refractivity contribution < 1.29 is 19.5 Å². The van der Waals surface area contributed by atoms with E-state index in [0.29, 0.717) is 19.4 Å². The first-order chi connectivity index (χ1) is 10.1. The van der Waals surface area contributed by atoms with E-state index < -0.39 is 12.0 Å². The predicted molar refractivity (Wildman–Crippen MR) is 77.1 cm³/mol. The number of carbonyl (C=O) groups excluding carboxylic acids is 2. The van der Waals surface area contributed by atoms with Crippen LogP contribution in [0.4, 0.5) is 10.5 Å². The number of aliphatic carboxylic acids is 1. The molecule has 6 nitrogen and oxygen atoms in total. The number of fused-ring (bicyclic) bond motifs is 1. The van der Waals surface area contributed by atoms with Crippen molar-refractivity contribution in [2.45, 2.75) is 32.1 Å². The molecule has 2 N–H and O–H groups in total. The number of carboxylic acid groups (broad SMARTS) is 1. The van der Waals surface area contributed by atoms with Crippen LogP contribution >= 0.6 is 0 Å². The Morgan fingerprint density at radius 3 is 2.62 bits per heavy atom. The molecule has 1 aliphatic heterocycles. The average Bonchev–Trinajstić information content (AvgIpc) is 2.87. The number of carboxylic acids is 1. The van der Waals surface area contributed by atoms with Gasteiger partial charge in [0.15, 0.2) is 0 Å². The monoisotopic (exact) mass is 290 g/mol. The van der Waals surface area contributed by atoms with Gasteiger partial charge in [0.2, 0.25) is 5.91 Å². The molecule has 6 heteroatoms. The molecule has 0 spiro atoms. The Hall–Kier alpha value is -2.37. The smallest absolute Gasteiger partial charge is 0.328 e. The van der Waals surface area contributed by atoms with Crippen LogP contribution in [0.5, 0.6) is 0 Å². The molecule has 0 bridgehead atoms. The number of anilines is 1. The number of hydrogen-bond donors (Lipinski definition) is 2. The number of carbonyl (C=O) groups is 3. The van der Waals surface area contributed by atoms with Crippen molar-refractivity contribution in [3.05, 3.63) is 29.8 Å². The summed E-state index contributed by atoms with van der Waals surface area (Å²) < 4.78 is 0. The van der Waals surface area contributed by atoms with Gasteiger partial charge < -0.3 is 5.11 Å². The van der Waals surface area contributed by atoms with Gasteiger partial charge in [-0.2, -0.15) is 0 Å². The topological polar surface area (TPSA) is 86.7 Å². The largest absolute Gasteiger partial charge is 0.481 e. The van der Waals surface area contributed by atoms with Gasteiger partial charge in [0.25, 0.3) is 0 Å². The molecule has 3 amide bonds. The van der Waals surface area contributed by atoms with E-state index in [0.717, 1.165) is 17.7 Å². The molecule has 0 radical (unpaired) electrons. The van der Waals surface area contributed by atoms with Crippen LogP contribution in [-0.2, 0) is 16.0 Å². The number of unbranched alkanes of at least 4 members (excludes halogenated alkanes) is 1. The average molecular weight is 290 g/mol. The zero-order valence-corrected chi connectivity index (χ0v) is 11.7. The first-order valence-electron chi connectivity index (χ1n) is 6.99. The maximum Gasteiger partial charge on any atom is 0.328 e. The molecular weight excluding hydrogens is 272 g/mol. The Kier molecular flexibility index (Phi) is 4.92. The number of benzene rings is 1. The summed E-state index contributed by atoms with van der Waals surface area (Å²) in [6.07, 6.45) is 1.89. The molecule has 0 saturated carbocycles. The Balaban J connectivity index is 1.80. The molecule has 0 aromatic heterocycles. The van der Waals surface area contributed by atoms with Crippen molar-refractivity contribution in [1.29, 1.82) is 0 Å². The van der Waals surface area contributed by atoms with Gasteiger partial charge in [-0.15, -0.1) is 0 Å². The lowest BCUT2D eigenvalue weighted by atomic mass is 10.2. The Bertz CT molecular complexity index is 556. The van der Waals surface area contributed by atoms with E-state index in [1.165, 1.54) is 0 Å². The summed E-state index contributed by atoms with van der Waals surface area (Å²) in [5.41, 5.74) is 1.94. The van der Waals surface area contributed by atoms with Gasteiger partial charge in [0.05, 0.1) is 0 Å². The number of imide groups is 1. The van der Waals surface area contributed by atoms with E-state index in [4.69, 9.17) is 5.11 Å². The highest BCUT2D eigenvalue weighted by Gasteiger charge is 2.25. The zero-order chi connectivity index (χ0) is 15.2. The fourth-order valence-electron chi connectivity index (χ4n) is 2.36. The quantitative estimate of drug-likeness (QED) is 0.811. The summed E-state index contributed by atoms with van der Waals surface area (Å²) in [6, 6.07) is 7.20. The highest BCUT2D eigenvalue weighted by molar-refractivity contribution is 6.03. The number of rotatable bonds is 5. The minimum absolute atomic E-state index is 0.0424. The third-order valence-corrected chi connectivity index (χ3v) is 3.42. The lowest BCUT2D eigenvalue weighted by Crippen LogP contribution is -2.42. The normalized spacial score (nSPS) is 12.9. The van der Waals surface area contributed by atoms with Crippen molar-refractivity contribution in [3.63, 3.8) is 0 Å². The molecule has 0 unspecified atom stereocenters. The summed E-state index contributed by atoms with van der Waals surface area (Å²) >= 11 is 0. The second-order valence-corrected chi connectivity index (χ2v) is 4.98. The van der Waals surface area contributed by atoms with E-state index in [-0.39, 0.29) is 18.7 Å². The van der Waals surface area contributed by atoms with Gasteiger partial charge in [0.1, 0.15) is 0 Å². The number of amides is 3. The fraction of sp³-hybridized carbons (Fsp3) is 0.400. The second-order valence-electron chi connectivity index (χ2n) is 4.98. The molecule has 0 saturated heterocycles. The van der Waals surface area contributed by atoms with Gasteiger partial charge in [-0.1, -0.05) is 18.2 Å². The number of nitrogens with zero attached hydrogens (tertiary/aromatic N) is 1. The molecule has 112 valence electrons. The highest BCUT2D eigenvalue weighted by Crippen LogP contribution is 2.27. The number of hydrogen-bond acceptors (Lipinski definition) is 3. The molecule has 1 aliphatic rings. The van der Waals surface area contributed by atoms with Crippen LogP contribution in [0, 0.1) is 0 Å². The molecule has 21 heavy (non-hydrogen) atoms. The Morgan fingerprint density at radius 2 is 1.86 bits per heavy atom. The maximum atomic E-state index is 12.1. The van der Waals surface area contributed by atoms with E-state index in [1.54, 1.807) is 4.90 Å². The lowest BCUT2D eigenvalue weighted by molar-refractivity contribution is -0.137. The third kappa shape index (κ3) is 4.05. The molecule has 0 atom stereocenters. The van der Waals surface area contributed by atoms with E-state index >= 15 is 0 Å². The van der Waals surface area contributed by atoms with Crippen LogP contribution in [-0.4, -0.2) is 29.6 Å². The minimum Gasteiger partial charge on any atom is -0.481 e. The SMILES string of the molecule is O=C(O)CCCCC(=O)NC(=O)N1CCc2ccccc21. The summed E-state index contributed by atoms with van der Waals surface area (Å²) in [6.45, 7) is 0.567. The molecule has 0 aliphatic carbocycles. The Labute approximate surface area is 122 Å². The molecule has 1 aromatic rings. The molecule has 1 heterocycles. The molecule has 2 rings (SSSR count). The van der Waals surface area contributed by atoms with Gasteiger partial charge in [-0.3, -0.25) is 19.8 Å². The van der Waals surface area contributed by atoms with Gasteiger partial charge in [-0.05, 0) is 30.9 Å². The fourth-order valence-corrected chi connectivity index (χ4v) is 2.36. The zero-order valence-electron chi connectivity index (χ0n) is 11.7. The summed E-state index contributed by atoms with van der Waals surface area (Å²) in [5, 5.41) is 10.9. The third-order valence-electron chi connectivity index (χ3n) is 3.42. The predicted octanol–water partition coefficient (Wildman–Crippen LogP) is 1.93. The number of nitrogens with one attached hydrogen (secondary N) is 1. The molecule has 1 aromatic carbocycles. The van der Waals surface area contributed by atoms with Crippen LogP contribution < -0.4 is 10.2 Å². The standard InChI is InChI=1S/C15H18N2O4/c18-13(7-3-4-8-14(19)20)16-15(21)17-10-9-11-5-1-2-6-12(11)17/h1-2,5-6H,3-4,7-10H2,(H,19,20)(H,16,18,21). The van der Waals surface area contributed by atoms with Crippen molar-refractivity contribution in [1.82, 2.24) is 5.32 Å². The van der Waals surface area contributed by atoms with Crippen LogP contribution in [0.25, 0.3) is 0 Å². The first-order valence-corrected chi connectivity index (χ1v) is 6.99. The second kappa shape index (κ2) is 6.88. The van der Waals surface area contributed by atoms with Crippen molar-refractivity contribution in [2.75, 3.05) is 11.4 Å². The van der Waals surface area contributed by atoms with E-state index in [2.05, 4.69) is 5.32 Å². The molecule has 0 fully saturated rings.